The molecule has 0 saturated heterocycles. The molecular weight excluding hydrogens is 314 g/mol. The number of nitrogens with zero attached hydrogens (tertiary/aromatic N) is 1. The van der Waals surface area contributed by atoms with E-state index < -0.39 is 15.9 Å². The van der Waals surface area contributed by atoms with Crippen molar-refractivity contribution in [2.45, 2.75) is 11.8 Å². The van der Waals surface area contributed by atoms with Crippen molar-refractivity contribution < 1.29 is 13.2 Å². The van der Waals surface area contributed by atoms with E-state index in [1.165, 1.54) is 24.4 Å². The van der Waals surface area contributed by atoms with E-state index in [9.17, 15) is 13.2 Å². The van der Waals surface area contributed by atoms with Crippen molar-refractivity contribution in [2.24, 2.45) is 0 Å². The van der Waals surface area contributed by atoms with E-state index in [2.05, 4.69) is 4.98 Å². The zero-order valence-corrected chi connectivity index (χ0v) is 12.4. The second-order valence-electron chi connectivity index (χ2n) is 4.26. The maximum Gasteiger partial charge on any atom is 0.266 e. The molecule has 2 rings (SSSR count). The quantitative estimate of drug-likeness (QED) is 0.901. The number of nitriles is 1. The highest BCUT2D eigenvalue weighted by Crippen LogP contribution is 2.20. The Kier molecular flexibility index (Phi) is 4.02. The minimum atomic E-state index is -4.03. The summed E-state index contributed by atoms with van der Waals surface area (Å²) in [6, 6.07) is 7.24. The van der Waals surface area contributed by atoms with Crippen molar-refractivity contribution >= 4 is 27.5 Å². The molecule has 0 radical (unpaired) electrons. The standard InChI is InChI=1S/C13H10ClN3O3S/c1-8-2-3-11(5-12(8)14)21(19,20)17-13(18)9-4-10(6-15)16-7-9/h2-5,7,16H,1H3,(H,17,18). The van der Waals surface area contributed by atoms with Gasteiger partial charge >= 0.3 is 0 Å². The van der Waals surface area contributed by atoms with Crippen LogP contribution in [-0.4, -0.2) is 19.3 Å². The normalized spacial score (nSPS) is 10.9. The van der Waals surface area contributed by atoms with Gasteiger partial charge in [0.15, 0.2) is 0 Å². The first-order valence-electron chi connectivity index (χ1n) is 5.75. The van der Waals surface area contributed by atoms with Gasteiger partial charge in [-0.15, -0.1) is 0 Å². The first-order valence-corrected chi connectivity index (χ1v) is 7.61. The van der Waals surface area contributed by atoms with Crippen molar-refractivity contribution in [3.05, 3.63) is 52.3 Å². The largest absolute Gasteiger partial charge is 0.352 e. The molecule has 6 nitrogen and oxygen atoms in total. The van der Waals surface area contributed by atoms with Crippen LogP contribution in [0, 0.1) is 18.3 Å². The van der Waals surface area contributed by atoms with E-state index in [1.54, 1.807) is 13.0 Å². The number of amides is 1. The van der Waals surface area contributed by atoms with E-state index >= 15 is 0 Å². The van der Waals surface area contributed by atoms with Crippen molar-refractivity contribution in [2.75, 3.05) is 0 Å². The lowest BCUT2D eigenvalue weighted by atomic mass is 10.2. The lowest BCUT2D eigenvalue weighted by molar-refractivity contribution is 0.0981. The van der Waals surface area contributed by atoms with Crippen LogP contribution in [0.5, 0.6) is 0 Å². The molecule has 0 saturated carbocycles. The van der Waals surface area contributed by atoms with Gasteiger partial charge in [-0.2, -0.15) is 5.26 Å². The monoisotopic (exact) mass is 323 g/mol. The first-order chi connectivity index (χ1) is 9.83. The molecule has 1 amide bonds. The fourth-order valence-corrected chi connectivity index (χ4v) is 2.82. The number of rotatable bonds is 3. The van der Waals surface area contributed by atoms with Gasteiger partial charge in [-0.3, -0.25) is 4.79 Å². The minimum Gasteiger partial charge on any atom is -0.352 e. The van der Waals surface area contributed by atoms with Crippen LogP contribution in [0.4, 0.5) is 0 Å². The molecule has 0 spiro atoms. The molecule has 0 bridgehead atoms. The second kappa shape index (κ2) is 5.60. The highest BCUT2D eigenvalue weighted by molar-refractivity contribution is 7.90. The van der Waals surface area contributed by atoms with Crippen LogP contribution in [0.15, 0.2) is 35.4 Å². The van der Waals surface area contributed by atoms with Gasteiger partial charge in [0.2, 0.25) is 0 Å². The topological polar surface area (TPSA) is 103 Å². The molecule has 0 aliphatic carbocycles. The second-order valence-corrected chi connectivity index (χ2v) is 6.35. The third-order valence-electron chi connectivity index (χ3n) is 2.75. The lowest BCUT2D eigenvalue weighted by Gasteiger charge is -2.07. The van der Waals surface area contributed by atoms with Crippen LogP contribution in [-0.2, 0) is 10.0 Å². The summed E-state index contributed by atoms with van der Waals surface area (Å²) >= 11 is 5.88. The van der Waals surface area contributed by atoms with E-state index in [0.29, 0.717) is 5.02 Å². The molecule has 0 fully saturated rings. The molecule has 108 valence electrons. The van der Waals surface area contributed by atoms with Gasteiger partial charge in [0.1, 0.15) is 11.8 Å². The van der Waals surface area contributed by atoms with Crippen LogP contribution in [0.25, 0.3) is 0 Å². The van der Waals surface area contributed by atoms with Crippen LogP contribution >= 0.6 is 11.6 Å². The summed E-state index contributed by atoms with van der Waals surface area (Å²) in [6.45, 7) is 1.74. The molecule has 1 aromatic carbocycles. The average molecular weight is 324 g/mol. The summed E-state index contributed by atoms with van der Waals surface area (Å²) in [4.78, 5) is 14.3. The van der Waals surface area contributed by atoms with Gasteiger partial charge in [0.25, 0.3) is 15.9 Å². The number of H-pyrrole nitrogens is 1. The molecule has 0 aliphatic rings. The number of nitrogens with one attached hydrogen (secondary N) is 2. The summed E-state index contributed by atoms with van der Waals surface area (Å²) in [5.41, 5.74) is 0.940. The van der Waals surface area contributed by atoms with Crippen LogP contribution < -0.4 is 4.72 Å². The lowest BCUT2D eigenvalue weighted by Crippen LogP contribution is -2.30. The molecule has 8 heteroatoms. The number of aromatic amines is 1. The predicted molar refractivity (Wildman–Crippen MR) is 76.3 cm³/mol. The predicted octanol–water partition coefficient (Wildman–Crippen LogP) is 1.97. The molecule has 0 aliphatic heterocycles. The zero-order valence-electron chi connectivity index (χ0n) is 10.8. The summed E-state index contributed by atoms with van der Waals surface area (Å²) in [5.74, 6) is -0.829. The number of hydrogen-bond donors (Lipinski definition) is 2. The maximum absolute atomic E-state index is 12.1. The van der Waals surface area contributed by atoms with Crippen molar-refractivity contribution in [1.82, 2.24) is 9.71 Å². The molecule has 21 heavy (non-hydrogen) atoms. The molecule has 1 heterocycles. The Hall–Kier alpha value is -2.30. The van der Waals surface area contributed by atoms with Gasteiger partial charge < -0.3 is 4.98 Å². The SMILES string of the molecule is Cc1ccc(S(=O)(=O)NC(=O)c2c[nH]c(C#N)c2)cc1Cl. The van der Waals surface area contributed by atoms with Crippen LogP contribution in [0.2, 0.25) is 5.02 Å². The molecule has 2 N–H and O–H groups in total. The van der Waals surface area contributed by atoms with Crippen molar-refractivity contribution in [3.63, 3.8) is 0 Å². The van der Waals surface area contributed by atoms with Gasteiger partial charge in [0, 0.05) is 11.2 Å². The molecular formula is C13H10ClN3O3S. The summed E-state index contributed by atoms with van der Waals surface area (Å²) in [7, 11) is -4.03. The zero-order chi connectivity index (χ0) is 15.6. The molecule has 2 aromatic rings. The number of hydrogen-bond acceptors (Lipinski definition) is 4. The van der Waals surface area contributed by atoms with Gasteiger partial charge in [-0.1, -0.05) is 17.7 Å². The Balaban J connectivity index is 2.26. The van der Waals surface area contributed by atoms with E-state index in [0.717, 1.165) is 5.56 Å². The third kappa shape index (κ3) is 3.24. The molecule has 1 aromatic heterocycles. The highest BCUT2D eigenvalue weighted by Gasteiger charge is 2.20. The maximum atomic E-state index is 12.1. The molecule has 0 unspecified atom stereocenters. The van der Waals surface area contributed by atoms with Crippen LogP contribution in [0.1, 0.15) is 21.6 Å². The number of benzene rings is 1. The van der Waals surface area contributed by atoms with Crippen LogP contribution in [0.3, 0.4) is 0 Å². The summed E-state index contributed by atoms with van der Waals surface area (Å²) < 4.78 is 26.1. The van der Waals surface area contributed by atoms with Gasteiger partial charge in [-0.25, -0.2) is 13.1 Å². The number of sulfonamides is 1. The minimum absolute atomic E-state index is 0.0494. The Morgan fingerprint density at radius 3 is 2.67 bits per heavy atom. The fraction of sp³-hybridized carbons (Fsp3) is 0.0769. The summed E-state index contributed by atoms with van der Waals surface area (Å²) in [6.07, 6.45) is 1.26. The number of aromatic nitrogens is 1. The summed E-state index contributed by atoms with van der Waals surface area (Å²) in [5, 5.41) is 8.94. The Labute approximate surface area is 126 Å². The first kappa shape index (κ1) is 15.1. The number of carbonyl (C=O) groups is 1. The average Bonchev–Trinajstić information content (AvgIpc) is 2.90. The number of carbonyl (C=O) groups excluding carboxylic acids is 1. The highest BCUT2D eigenvalue weighted by atomic mass is 35.5. The van der Waals surface area contributed by atoms with Crippen molar-refractivity contribution in [1.29, 1.82) is 5.26 Å². The van der Waals surface area contributed by atoms with E-state index in [-0.39, 0.29) is 16.2 Å². The Morgan fingerprint density at radius 2 is 2.10 bits per heavy atom. The molecule has 0 atom stereocenters. The fourth-order valence-electron chi connectivity index (χ4n) is 1.57. The van der Waals surface area contributed by atoms with Crippen molar-refractivity contribution in [3.8, 4) is 6.07 Å². The van der Waals surface area contributed by atoms with E-state index in [4.69, 9.17) is 16.9 Å². The Bertz CT molecular complexity index is 850. The van der Waals surface area contributed by atoms with Gasteiger partial charge in [0.05, 0.1) is 10.5 Å². The van der Waals surface area contributed by atoms with E-state index in [1.807, 2.05) is 10.8 Å². The smallest absolute Gasteiger partial charge is 0.266 e. The van der Waals surface area contributed by atoms with Gasteiger partial charge in [-0.05, 0) is 30.7 Å². The number of halogens is 1. The third-order valence-corrected chi connectivity index (χ3v) is 4.48. The number of aryl methyl sites for hydroxylation is 1. The Morgan fingerprint density at radius 1 is 1.38 bits per heavy atom.